The van der Waals surface area contributed by atoms with Gasteiger partial charge in [-0.1, -0.05) is 11.6 Å². The standard InChI is InChI=1S/C13H18ClN3O2/c1-4-17(8-12(18)16(2)3)13(19)10-7-9(14)5-6-11(10)15/h5-7H,4,8,15H2,1-3H3. The number of anilines is 1. The second kappa shape index (κ2) is 6.43. The molecule has 0 atom stereocenters. The highest BCUT2D eigenvalue weighted by atomic mass is 35.5. The summed E-state index contributed by atoms with van der Waals surface area (Å²) in [5.74, 6) is -0.437. The number of likely N-dealkylation sites (N-methyl/N-ethyl adjacent to an activating group) is 2. The summed E-state index contributed by atoms with van der Waals surface area (Å²) in [6, 6.07) is 4.72. The summed E-state index contributed by atoms with van der Waals surface area (Å²) in [6.45, 7) is 2.25. The Bertz CT molecular complexity index is 489. The Hall–Kier alpha value is -1.75. The number of nitrogens with two attached hydrogens (primary N) is 1. The van der Waals surface area contributed by atoms with E-state index < -0.39 is 0 Å². The maximum Gasteiger partial charge on any atom is 0.256 e. The zero-order chi connectivity index (χ0) is 14.6. The van der Waals surface area contributed by atoms with Crippen LogP contribution in [0.4, 0.5) is 5.69 Å². The Kier molecular flexibility index (Phi) is 5.18. The van der Waals surface area contributed by atoms with Gasteiger partial charge in [0.05, 0.1) is 12.1 Å². The van der Waals surface area contributed by atoms with Crippen molar-refractivity contribution in [2.75, 3.05) is 32.9 Å². The maximum absolute atomic E-state index is 12.3. The van der Waals surface area contributed by atoms with E-state index in [0.29, 0.717) is 22.8 Å². The first-order valence-corrected chi connectivity index (χ1v) is 6.29. The number of nitrogens with zero attached hydrogens (tertiary/aromatic N) is 2. The lowest BCUT2D eigenvalue weighted by Crippen LogP contribution is -2.40. The van der Waals surface area contributed by atoms with E-state index in [1.165, 1.54) is 15.9 Å². The molecule has 0 unspecified atom stereocenters. The quantitative estimate of drug-likeness (QED) is 0.851. The Morgan fingerprint density at radius 2 is 1.95 bits per heavy atom. The lowest BCUT2D eigenvalue weighted by molar-refractivity contribution is -0.129. The molecule has 0 radical (unpaired) electrons. The van der Waals surface area contributed by atoms with Gasteiger partial charge >= 0.3 is 0 Å². The van der Waals surface area contributed by atoms with Gasteiger partial charge in [0.2, 0.25) is 5.91 Å². The van der Waals surface area contributed by atoms with Crippen molar-refractivity contribution in [1.29, 1.82) is 0 Å². The number of carbonyl (C=O) groups is 2. The summed E-state index contributed by atoms with van der Waals surface area (Å²) >= 11 is 5.86. The fourth-order valence-electron chi connectivity index (χ4n) is 1.52. The highest BCUT2D eigenvalue weighted by molar-refractivity contribution is 6.31. The molecular formula is C13H18ClN3O2. The number of hydrogen-bond acceptors (Lipinski definition) is 3. The second-order valence-electron chi connectivity index (χ2n) is 4.34. The van der Waals surface area contributed by atoms with Crippen LogP contribution in [-0.2, 0) is 4.79 Å². The predicted molar refractivity (Wildman–Crippen MR) is 76.1 cm³/mol. The van der Waals surface area contributed by atoms with Crippen LogP contribution >= 0.6 is 11.6 Å². The minimum Gasteiger partial charge on any atom is -0.398 e. The third-order valence-electron chi connectivity index (χ3n) is 2.74. The van der Waals surface area contributed by atoms with Crippen molar-refractivity contribution in [3.8, 4) is 0 Å². The van der Waals surface area contributed by atoms with E-state index in [1.54, 1.807) is 26.2 Å². The molecule has 5 nitrogen and oxygen atoms in total. The van der Waals surface area contributed by atoms with E-state index >= 15 is 0 Å². The number of halogens is 1. The van der Waals surface area contributed by atoms with Gasteiger partial charge in [0.1, 0.15) is 0 Å². The smallest absolute Gasteiger partial charge is 0.256 e. The van der Waals surface area contributed by atoms with Crippen molar-refractivity contribution in [2.45, 2.75) is 6.92 Å². The number of rotatable bonds is 4. The summed E-state index contributed by atoms with van der Waals surface area (Å²) in [6.07, 6.45) is 0. The zero-order valence-corrected chi connectivity index (χ0v) is 12.1. The predicted octanol–water partition coefficient (Wildman–Crippen LogP) is 1.47. The molecule has 0 aromatic heterocycles. The van der Waals surface area contributed by atoms with E-state index in [-0.39, 0.29) is 18.4 Å². The molecule has 2 amide bonds. The van der Waals surface area contributed by atoms with Crippen molar-refractivity contribution in [2.24, 2.45) is 0 Å². The van der Waals surface area contributed by atoms with E-state index in [0.717, 1.165) is 0 Å². The first-order chi connectivity index (χ1) is 8.86. The van der Waals surface area contributed by atoms with Crippen LogP contribution in [0.25, 0.3) is 0 Å². The summed E-state index contributed by atoms with van der Waals surface area (Å²) in [4.78, 5) is 26.9. The van der Waals surface area contributed by atoms with Gasteiger partial charge in [0.25, 0.3) is 5.91 Å². The normalized spacial score (nSPS) is 10.1. The maximum atomic E-state index is 12.3. The minimum absolute atomic E-state index is 0.0221. The fourth-order valence-corrected chi connectivity index (χ4v) is 1.69. The Morgan fingerprint density at radius 1 is 1.32 bits per heavy atom. The molecule has 2 N–H and O–H groups in total. The molecule has 1 aromatic carbocycles. The van der Waals surface area contributed by atoms with Gasteiger partial charge in [-0.2, -0.15) is 0 Å². The van der Waals surface area contributed by atoms with Crippen LogP contribution in [0.15, 0.2) is 18.2 Å². The molecule has 19 heavy (non-hydrogen) atoms. The van der Waals surface area contributed by atoms with Crippen LogP contribution in [0, 0.1) is 0 Å². The number of hydrogen-bond donors (Lipinski definition) is 1. The molecule has 0 fully saturated rings. The van der Waals surface area contributed by atoms with E-state index in [1.807, 2.05) is 6.92 Å². The van der Waals surface area contributed by atoms with E-state index in [9.17, 15) is 9.59 Å². The molecule has 0 saturated heterocycles. The summed E-state index contributed by atoms with van der Waals surface area (Å²) in [5, 5.41) is 0.438. The molecule has 104 valence electrons. The highest BCUT2D eigenvalue weighted by Crippen LogP contribution is 2.19. The summed E-state index contributed by atoms with van der Waals surface area (Å²) < 4.78 is 0. The monoisotopic (exact) mass is 283 g/mol. The van der Waals surface area contributed by atoms with Gasteiger partial charge in [0.15, 0.2) is 0 Å². The largest absolute Gasteiger partial charge is 0.398 e. The van der Waals surface area contributed by atoms with Gasteiger partial charge in [-0.25, -0.2) is 0 Å². The number of amides is 2. The van der Waals surface area contributed by atoms with Gasteiger partial charge in [-0.05, 0) is 25.1 Å². The minimum atomic E-state index is -0.294. The Balaban J connectivity index is 2.95. The number of benzene rings is 1. The van der Waals surface area contributed by atoms with E-state index in [2.05, 4.69) is 0 Å². The lowest BCUT2D eigenvalue weighted by Gasteiger charge is -2.23. The average molecular weight is 284 g/mol. The van der Waals surface area contributed by atoms with Crippen LogP contribution < -0.4 is 5.73 Å². The SMILES string of the molecule is CCN(CC(=O)N(C)C)C(=O)c1cc(Cl)ccc1N. The van der Waals surface area contributed by atoms with Crippen molar-refractivity contribution in [3.05, 3.63) is 28.8 Å². The summed E-state index contributed by atoms with van der Waals surface area (Å²) in [7, 11) is 3.29. The van der Waals surface area contributed by atoms with E-state index in [4.69, 9.17) is 17.3 Å². The van der Waals surface area contributed by atoms with Crippen LogP contribution in [0.5, 0.6) is 0 Å². The molecular weight excluding hydrogens is 266 g/mol. The van der Waals surface area contributed by atoms with Crippen molar-refractivity contribution < 1.29 is 9.59 Å². The third kappa shape index (κ3) is 3.86. The number of nitrogen functional groups attached to an aromatic ring is 1. The molecule has 1 rings (SSSR count). The summed E-state index contributed by atoms with van der Waals surface area (Å²) in [5.41, 5.74) is 6.44. The molecule has 0 aliphatic carbocycles. The van der Waals surface area contributed by atoms with Gasteiger partial charge in [-0.15, -0.1) is 0 Å². The van der Waals surface area contributed by atoms with Crippen molar-refractivity contribution in [1.82, 2.24) is 9.80 Å². The van der Waals surface area contributed by atoms with Crippen molar-refractivity contribution in [3.63, 3.8) is 0 Å². The molecule has 6 heteroatoms. The Labute approximate surface area is 117 Å². The number of carbonyl (C=O) groups excluding carboxylic acids is 2. The highest BCUT2D eigenvalue weighted by Gasteiger charge is 2.20. The Morgan fingerprint density at radius 3 is 2.47 bits per heavy atom. The molecule has 0 aliphatic heterocycles. The third-order valence-corrected chi connectivity index (χ3v) is 2.97. The molecule has 0 saturated carbocycles. The lowest BCUT2D eigenvalue weighted by atomic mass is 10.1. The molecule has 1 aromatic rings. The zero-order valence-electron chi connectivity index (χ0n) is 11.3. The molecule has 0 bridgehead atoms. The first-order valence-electron chi connectivity index (χ1n) is 5.91. The topological polar surface area (TPSA) is 66.6 Å². The van der Waals surface area contributed by atoms with Crippen molar-refractivity contribution >= 4 is 29.1 Å². The van der Waals surface area contributed by atoms with Gasteiger partial charge < -0.3 is 15.5 Å². The molecule has 0 heterocycles. The second-order valence-corrected chi connectivity index (χ2v) is 4.78. The first kappa shape index (κ1) is 15.3. The molecule has 0 aliphatic rings. The van der Waals surface area contributed by atoms with Crippen LogP contribution in [-0.4, -0.2) is 48.8 Å². The van der Waals surface area contributed by atoms with Crippen LogP contribution in [0.3, 0.4) is 0 Å². The van der Waals surface area contributed by atoms with Gasteiger partial charge in [-0.3, -0.25) is 9.59 Å². The fraction of sp³-hybridized carbons (Fsp3) is 0.385. The average Bonchev–Trinajstić information content (AvgIpc) is 2.37. The van der Waals surface area contributed by atoms with Crippen LogP contribution in [0.1, 0.15) is 17.3 Å². The van der Waals surface area contributed by atoms with Gasteiger partial charge in [0, 0.05) is 31.4 Å². The van der Waals surface area contributed by atoms with Crippen LogP contribution in [0.2, 0.25) is 5.02 Å². The molecule has 0 spiro atoms.